The summed E-state index contributed by atoms with van der Waals surface area (Å²) in [7, 11) is 1.56. The molecule has 0 unspecified atom stereocenters. The van der Waals surface area contributed by atoms with E-state index in [1.807, 2.05) is 0 Å². The average Bonchev–Trinajstić information content (AvgIpc) is 2.31. The van der Waals surface area contributed by atoms with Gasteiger partial charge in [-0.2, -0.15) is 0 Å². The maximum absolute atomic E-state index is 9.17. The summed E-state index contributed by atoms with van der Waals surface area (Å²) in [6.45, 7) is 1.59. The number of β-amino-alcohol motifs (C(OH)–C–C–N with tert-alkyl or cyclic N) is 1. The molecular weight excluding hydrogens is 134 g/mol. The summed E-state index contributed by atoms with van der Waals surface area (Å²) in [4.78, 5) is 0. The van der Waals surface area contributed by atoms with Gasteiger partial charge in [-0.15, -0.1) is 0 Å². The van der Waals surface area contributed by atoms with Crippen LogP contribution < -0.4 is 5.32 Å². The maximum atomic E-state index is 9.17. The van der Waals surface area contributed by atoms with Crippen LogP contribution >= 0.6 is 0 Å². The lowest BCUT2D eigenvalue weighted by Gasteiger charge is -2.12. The third-order valence-electron chi connectivity index (χ3n) is 1.53. The van der Waals surface area contributed by atoms with E-state index < -0.39 is 0 Å². The summed E-state index contributed by atoms with van der Waals surface area (Å²) in [6, 6.07) is 0. The Bertz CT molecular complexity index is 99.0. The molecule has 0 spiro atoms. The first-order valence-electron chi connectivity index (χ1n) is 3.34. The van der Waals surface area contributed by atoms with Crippen LogP contribution in [-0.4, -0.2) is 44.3 Å². The van der Waals surface area contributed by atoms with E-state index in [9.17, 15) is 5.11 Å². The van der Waals surface area contributed by atoms with E-state index in [2.05, 4.69) is 5.32 Å². The molecule has 0 radical (unpaired) electrons. The normalized spacial score (nSPS) is 33.0. The molecule has 0 amide bonds. The van der Waals surface area contributed by atoms with Crippen LogP contribution in [0.4, 0.5) is 0 Å². The summed E-state index contributed by atoms with van der Waals surface area (Å²) in [5.41, 5.74) is 0. The Labute approximate surface area is 60.1 Å². The highest BCUT2D eigenvalue weighted by molar-refractivity contribution is 4.80. The molecule has 4 nitrogen and oxygen atoms in total. The van der Waals surface area contributed by atoms with Crippen molar-refractivity contribution < 1.29 is 14.6 Å². The summed E-state index contributed by atoms with van der Waals surface area (Å²) in [5, 5.41) is 12.2. The van der Waals surface area contributed by atoms with Gasteiger partial charge in [-0.25, -0.2) is 0 Å². The average molecular weight is 147 g/mol. The Hall–Kier alpha value is -0.160. The predicted octanol–water partition coefficient (Wildman–Crippen LogP) is -1.06. The second-order valence-corrected chi connectivity index (χ2v) is 2.34. The van der Waals surface area contributed by atoms with Crippen molar-refractivity contribution in [1.29, 1.82) is 0 Å². The highest BCUT2D eigenvalue weighted by atomic mass is 16.7. The van der Waals surface area contributed by atoms with Crippen LogP contribution in [0, 0.1) is 0 Å². The third kappa shape index (κ3) is 1.91. The topological polar surface area (TPSA) is 50.7 Å². The van der Waals surface area contributed by atoms with Gasteiger partial charge in [0.15, 0.2) is 0 Å². The van der Waals surface area contributed by atoms with Crippen LogP contribution in [0.1, 0.15) is 0 Å². The number of nitrogens with one attached hydrogen (secondary N) is 1. The highest BCUT2D eigenvalue weighted by Gasteiger charge is 2.24. The van der Waals surface area contributed by atoms with Crippen LogP contribution in [0.25, 0.3) is 0 Å². The van der Waals surface area contributed by atoms with Gasteiger partial charge in [-0.1, -0.05) is 0 Å². The van der Waals surface area contributed by atoms with Gasteiger partial charge >= 0.3 is 0 Å². The van der Waals surface area contributed by atoms with Gasteiger partial charge < -0.3 is 19.9 Å². The molecule has 1 aliphatic heterocycles. The fraction of sp³-hybridized carbons (Fsp3) is 1.00. The molecule has 0 aliphatic carbocycles. The molecule has 1 heterocycles. The van der Waals surface area contributed by atoms with Gasteiger partial charge in [0.05, 0.1) is 12.2 Å². The van der Waals surface area contributed by atoms with Crippen molar-refractivity contribution in [2.75, 3.05) is 27.0 Å². The Kier molecular flexibility index (Phi) is 3.08. The highest BCUT2D eigenvalue weighted by Crippen LogP contribution is 2.03. The van der Waals surface area contributed by atoms with E-state index in [-0.39, 0.29) is 19.0 Å². The molecule has 2 N–H and O–H groups in total. The van der Waals surface area contributed by atoms with E-state index in [4.69, 9.17) is 9.47 Å². The number of methoxy groups -OCH3 is 1. The van der Waals surface area contributed by atoms with Crippen molar-refractivity contribution in [3.8, 4) is 0 Å². The van der Waals surface area contributed by atoms with Gasteiger partial charge in [0.2, 0.25) is 0 Å². The molecule has 4 heteroatoms. The number of hydrogen-bond donors (Lipinski definition) is 2. The first-order chi connectivity index (χ1) is 4.84. The molecule has 1 fully saturated rings. The van der Waals surface area contributed by atoms with Gasteiger partial charge in [-0.05, 0) is 0 Å². The van der Waals surface area contributed by atoms with Gasteiger partial charge in [0, 0.05) is 20.2 Å². The SMILES string of the molecule is COCO[C@@H]1CNC[C@H]1O. The Balaban J connectivity index is 2.14. The van der Waals surface area contributed by atoms with Crippen molar-refractivity contribution in [1.82, 2.24) is 5.32 Å². The molecule has 0 bridgehead atoms. The lowest BCUT2D eigenvalue weighted by Crippen LogP contribution is -2.27. The largest absolute Gasteiger partial charge is 0.389 e. The number of rotatable bonds is 3. The van der Waals surface area contributed by atoms with E-state index in [0.29, 0.717) is 13.1 Å². The summed E-state index contributed by atoms with van der Waals surface area (Å²) < 4.78 is 9.82. The molecule has 2 atom stereocenters. The third-order valence-corrected chi connectivity index (χ3v) is 1.53. The van der Waals surface area contributed by atoms with Gasteiger partial charge in [0.25, 0.3) is 0 Å². The van der Waals surface area contributed by atoms with E-state index in [1.54, 1.807) is 7.11 Å². The maximum Gasteiger partial charge on any atom is 0.146 e. The minimum absolute atomic E-state index is 0.0973. The molecule has 1 aliphatic rings. The first-order valence-corrected chi connectivity index (χ1v) is 3.34. The molecule has 1 rings (SSSR count). The molecule has 60 valence electrons. The van der Waals surface area contributed by atoms with Crippen LogP contribution in [0.5, 0.6) is 0 Å². The molecular formula is C6H13NO3. The molecule has 10 heavy (non-hydrogen) atoms. The quantitative estimate of drug-likeness (QED) is 0.500. The lowest BCUT2D eigenvalue weighted by molar-refractivity contribution is -0.0948. The molecule has 0 aromatic heterocycles. The number of aliphatic hydroxyl groups is 1. The van der Waals surface area contributed by atoms with Gasteiger partial charge in [0.1, 0.15) is 6.79 Å². The predicted molar refractivity (Wildman–Crippen MR) is 35.6 cm³/mol. The van der Waals surface area contributed by atoms with E-state index in [0.717, 1.165) is 0 Å². The lowest BCUT2D eigenvalue weighted by atomic mass is 10.3. The Morgan fingerprint density at radius 3 is 2.90 bits per heavy atom. The number of ether oxygens (including phenoxy) is 2. The van der Waals surface area contributed by atoms with E-state index >= 15 is 0 Å². The van der Waals surface area contributed by atoms with Crippen LogP contribution in [0.15, 0.2) is 0 Å². The van der Waals surface area contributed by atoms with E-state index in [1.165, 1.54) is 0 Å². The monoisotopic (exact) mass is 147 g/mol. The zero-order chi connectivity index (χ0) is 7.40. The van der Waals surface area contributed by atoms with Crippen molar-refractivity contribution in [2.24, 2.45) is 0 Å². The van der Waals surface area contributed by atoms with Crippen LogP contribution in [0.2, 0.25) is 0 Å². The van der Waals surface area contributed by atoms with Crippen molar-refractivity contribution >= 4 is 0 Å². The second kappa shape index (κ2) is 3.88. The summed E-state index contributed by atoms with van der Waals surface area (Å²) >= 11 is 0. The standard InChI is InChI=1S/C6H13NO3/c1-9-4-10-6-3-7-2-5(6)8/h5-8H,2-4H2,1H3/t5-,6-/m1/s1. The number of hydrogen-bond acceptors (Lipinski definition) is 4. The van der Waals surface area contributed by atoms with Crippen molar-refractivity contribution in [3.05, 3.63) is 0 Å². The smallest absolute Gasteiger partial charge is 0.146 e. The molecule has 1 saturated heterocycles. The minimum Gasteiger partial charge on any atom is -0.389 e. The first kappa shape index (κ1) is 7.94. The minimum atomic E-state index is -0.379. The fourth-order valence-corrected chi connectivity index (χ4v) is 0.966. The zero-order valence-electron chi connectivity index (χ0n) is 6.04. The van der Waals surface area contributed by atoms with Gasteiger partial charge in [-0.3, -0.25) is 0 Å². The zero-order valence-corrected chi connectivity index (χ0v) is 6.04. The molecule has 0 aromatic carbocycles. The van der Waals surface area contributed by atoms with Crippen LogP contribution in [-0.2, 0) is 9.47 Å². The Morgan fingerprint density at radius 1 is 1.60 bits per heavy atom. The summed E-state index contributed by atoms with van der Waals surface area (Å²) in [5.74, 6) is 0. The van der Waals surface area contributed by atoms with Crippen molar-refractivity contribution in [2.45, 2.75) is 12.2 Å². The summed E-state index contributed by atoms with van der Waals surface area (Å²) in [6.07, 6.45) is -0.477. The van der Waals surface area contributed by atoms with Crippen LogP contribution in [0.3, 0.4) is 0 Å². The number of aliphatic hydroxyl groups excluding tert-OH is 1. The Morgan fingerprint density at radius 2 is 2.40 bits per heavy atom. The molecule has 0 aromatic rings. The second-order valence-electron chi connectivity index (χ2n) is 2.34. The van der Waals surface area contributed by atoms with Crippen molar-refractivity contribution in [3.63, 3.8) is 0 Å². The fourth-order valence-electron chi connectivity index (χ4n) is 0.966. The molecule has 0 saturated carbocycles.